The number of hydrogen-bond acceptors (Lipinski definition) is 3. The summed E-state index contributed by atoms with van der Waals surface area (Å²) in [6.45, 7) is 8.66. The maximum absolute atomic E-state index is 11.7. The summed E-state index contributed by atoms with van der Waals surface area (Å²) in [4.78, 5) is 11.7. The molecule has 0 bridgehead atoms. The molecule has 21 heavy (non-hydrogen) atoms. The summed E-state index contributed by atoms with van der Waals surface area (Å²) in [5, 5.41) is 6.28. The normalized spacial score (nSPS) is 16.4. The zero-order valence-corrected chi connectivity index (χ0v) is 13.4. The van der Waals surface area contributed by atoms with Crippen LogP contribution >= 0.6 is 0 Å². The van der Waals surface area contributed by atoms with Gasteiger partial charge in [0.2, 0.25) is 0 Å². The number of amides is 1. The van der Waals surface area contributed by atoms with Gasteiger partial charge in [0, 0.05) is 18.3 Å². The van der Waals surface area contributed by atoms with Gasteiger partial charge in [-0.1, -0.05) is 12.1 Å². The highest BCUT2D eigenvalue weighted by atomic mass is 16.6. The van der Waals surface area contributed by atoms with Gasteiger partial charge in [-0.05, 0) is 64.2 Å². The van der Waals surface area contributed by atoms with E-state index in [9.17, 15) is 4.79 Å². The predicted molar refractivity (Wildman–Crippen MR) is 85.3 cm³/mol. The van der Waals surface area contributed by atoms with Crippen molar-refractivity contribution in [1.29, 1.82) is 0 Å². The summed E-state index contributed by atoms with van der Waals surface area (Å²) in [6.07, 6.45) is 2.29. The van der Waals surface area contributed by atoms with Gasteiger partial charge in [0.05, 0.1) is 0 Å². The van der Waals surface area contributed by atoms with Gasteiger partial charge in [-0.25, -0.2) is 4.79 Å². The van der Waals surface area contributed by atoms with Crippen LogP contribution < -0.4 is 10.6 Å². The zero-order valence-electron chi connectivity index (χ0n) is 13.4. The van der Waals surface area contributed by atoms with Gasteiger partial charge in [-0.15, -0.1) is 0 Å². The van der Waals surface area contributed by atoms with Crippen molar-refractivity contribution in [2.24, 2.45) is 5.92 Å². The lowest BCUT2D eigenvalue weighted by atomic mass is 10.1. The van der Waals surface area contributed by atoms with Gasteiger partial charge in [0.25, 0.3) is 0 Å². The smallest absolute Gasteiger partial charge is 0.412 e. The van der Waals surface area contributed by atoms with E-state index in [4.69, 9.17) is 4.74 Å². The Balaban J connectivity index is 1.79. The second kappa shape index (κ2) is 6.48. The molecule has 1 aliphatic carbocycles. The second-order valence-corrected chi connectivity index (χ2v) is 6.83. The van der Waals surface area contributed by atoms with Crippen molar-refractivity contribution in [1.82, 2.24) is 5.32 Å². The fraction of sp³-hybridized carbons (Fsp3) is 0.588. The second-order valence-electron chi connectivity index (χ2n) is 6.83. The van der Waals surface area contributed by atoms with Gasteiger partial charge in [-0.3, -0.25) is 5.32 Å². The Bertz CT molecular complexity index is 473. The third kappa shape index (κ3) is 5.76. The van der Waals surface area contributed by atoms with Crippen molar-refractivity contribution in [3.63, 3.8) is 0 Å². The van der Waals surface area contributed by atoms with Crippen molar-refractivity contribution in [2.75, 3.05) is 5.32 Å². The van der Waals surface area contributed by atoms with E-state index >= 15 is 0 Å². The lowest BCUT2D eigenvalue weighted by Crippen LogP contribution is -2.27. The first kappa shape index (κ1) is 15.8. The zero-order chi connectivity index (χ0) is 15.5. The lowest BCUT2D eigenvalue weighted by molar-refractivity contribution is 0.0636. The van der Waals surface area contributed by atoms with Crippen LogP contribution in [0.4, 0.5) is 10.5 Å². The molecule has 1 atom stereocenters. The van der Waals surface area contributed by atoms with E-state index in [2.05, 4.69) is 17.6 Å². The van der Waals surface area contributed by atoms with E-state index in [1.807, 2.05) is 45.0 Å². The molecule has 1 aliphatic rings. The quantitative estimate of drug-likeness (QED) is 0.864. The average Bonchev–Trinajstić information content (AvgIpc) is 3.19. The third-order valence-corrected chi connectivity index (χ3v) is 3.56. The van der Waals surface area contributed by atoms with Crippen LogP contribution in [0.3, 0.4) is 0 Å². The summed E-state index contributed by atoms with van der Waals surface area (Å²) in [6, 6.07) is 8.45. The van der Waals surface area contributed by atoms with Crippen molar-refractivity contribution in [3.8, 4) is 0 Å². The van der Waals surface area contributed by atoms with E-state index in [0.717, 1.165) is 18.2 Å². The molecule has 0 spiro atoms. The highest BCUT2D eigenvalue weighted by molar-refractivity contribution is 5.84. The predicted octanol–water partition coefficient (Wildman–Crippen LogP) is 3.92. The molecule has 0 heterocycles. The first-order valence-electron chi connectivity index (χ1n) is 7.66. The number of anilines is 1. The molecule has 2 N–H and O–H groups in total. The molecule has 0 saturated heterocycles. The number of hydrogen-bond donors (Lipinski definition) is 2. The molecule has 1 amide bonds. The Kier molecular flexibility index (Phi) is 4.88. The summed E-state index contributed by atoms with van der Waals surface area (Å²) < 4.78 is 5.22. The topological polar surface area (TPSA) is 50.4 Å². The minimum atomic E-state index is -0.479. The first-order valence-corrected chi connectivity index (χ1v) is 7.66. The average molecular weight is 290 g/mol. The fourth-order valence-electron chi connectivity index (χ4n) is 2.17. The van der Waals surface area contributed by atoms with Gasteiger partial charge in [0.1, 0.15) is 5.60 Å². The lowest BCUT2D eigenvalue weighted by Gasteiger charge is -2.19. The number of carbonyl (C=O) groups is 1. The van der Waals surface area contributed by atoms with Crippen LogP contribution in [0, 0.1) is 5.92 Å². The summed E-state index contributed by atoms with van der Waals surface area (Å²) in [5.41, 5.74) is 1.49. The summed E-state index contributed by atoms with van der Waals surface area (Å²) in [5.74, 6) is 0.859. The SMILES string of the molecule is CC(NCc1ccc(NC(=O)OC(C)(C)C)cc1)C1CC1. The van der Waals surface area contributed by atoms with Crippen LogP contribution in [0.2, 0.25) is 0 Å². The van der Waals surface area contributed by atoms with Crippen LogP contribution in [0.15, 0.2) is 24.3 Å². The number of benzene rings is 1. The molecule has 4 nitrogen and oxygen atoms in total. The van der Waals surface area contributed by atoms with Crippen molar-refractivity contribution >= 4 is 11.8 Å². The first-order chi connectivity index (χ1) is 9.83. The Hall–Kier alpha value is -1.55. The molecule has 0 aliphatic heterocycles. The van der Waals surface area contributed by atoms with Crippen LogP contribution in [0.1, 0.15) is 46.1 Å². The molecule has 1 aromatic carbocycles. The Labute approximate surface area is 127 Å². The highest BCUT2D eigenvalue weighted by Crippen LogP contribution is 2.32. The van der Waals surface area contributed by atoms with Gasteiger partial charge < -0.3 is 10.1 Å². The molecule has 1 aromatic rings. The molecule has 1 saturated carbocycles. The minimum Gasteiger partial charge on any atom is -0.444 e. The maximum Gasteiger partial charge on any atom is 0.412 e. The highest BCUT2D eigenvalue weighted by Gasteiger charge is 2.27. The number of nitrogens with one attached hydrogen (secondary N) is 2. The van der Waals surface area contributed by atoms with E-state index in [-0.39, 0.29) is 0 Å². The van der Waals surface area contributed by atoms with Gasteiger partial charge >= 0.3 is 6.09 Å². The van der Waals surface area contributed by atoms with Gasteiger partial charge in [-0.2, -0.15) is 0 Å². The van der Waals surface area contributed by atoms with Crippen LogP contribution in [0.5, 0.6) is 0 Å². The van der Waals surface area contributed by atoms with Crippen molar-refractivity contribution in [3.05, 3.63) is 29.8 Å². The Morgan fingerprint density at radius 1 is 1.29 bits per heavy atom. The van der Waals surface area contributed by atoms with Gasteiger partial charge in [0.15, 0.2) is 0 Å². The molecule has 2 rings (SSSR count). The molecule has 1 unspecified atom stereocenters. The fourth-order valence-corrected chi connectivity index (χ4v) is 2.17. The number of carbonyl (C=O) groups excluding carboxylic acids is 1. The third-order valence-electron chi connectivity index (χ3n) is 3.56. The van der Waals surface area contributed by atoms with Crippen molar-refractivity contribution in [2.45, 2.75) is 58.7 Å². The molecule has 1 fully saturated rings. The summed E-state index contributed by atoms with van der Waals surface area (Å²) in [7, 11) is 0. The largest absolute Gasteiger partial charge is 0.444 e. The van der Waals surface area contributed by atoms with Crippen LogP contribution in [0.25, 0.3) is 0 Å². The number of ether oxygens (including phenoxy) is 1. The van der Waals surface area contributed by atoms with Crippen LogP contribution in [-0.4, -0.2) is 17.7 Å². The standard InChI is InChI=1S/C17H26N2O2/c1-12(14-7-8-14)18-11-13-5-9-15(10-6-13)19-16(20)21-17(2,3)4/h5-6,9-10,12,14,18H,7-8,11H2,1-4H3,(H,19,20). The minimum absolute atomic E-state index is 0.421. The monoisotopic (exact) mass is 290 g/mol. The summed E-state index contributed by atoms with van der Waals surface area (Å²) >= 11 is 0. The molecule has 116 valence electrons. The molecule has 0 radical (unpaired) electrons. The van der Waals surface area contributed by atoms with E-state index in [0.29, 0.717) is 6.04 Å². The molecule has 0 aromatic heterocycles. The molecular weight excluding hydrogens is 264 g/mol. The van der Waals surface area contributed by atoms with Crippen LogP contribution in [-0.2, 0) is 11.3 Å². The Morgan fingerprint density at radius 3 is 2.43 bits per heavy atom. The number of rotatable bonds is 5. The van der Waals surface area contributed by atoms with E-state index in [1.165, 1.54) is 18.4 Å². The molecular formula is C17H26N2O2. The van der Waals surface area contributed by atoms with E-state index < -0.39 is 11.7 Å². The van der Waals surface area contributed by atoms with Crippen molar-refractivity contribution < 1.29 is 9.53 Å². The molecule has 4 heteroatoms. The maximum atomic E-state index is 11.7. The van der Waals surface area contributed by atoms with E-state index in [1.54, 1.807) is 0 Å². The Morgan fingerprint density at radius 2 is 1.90 bits per heavy atom.